The van der Waals surface area contributed by atoms with Gasteiger partial charge in [0.1, 0.15) is 27.5 Å². The molecule has 1 aromatic heterocycles. The zero-order valence-electron chi connectivity index (χ0n) is 9.02. The van der Waals surface area contributed by atoms with Gasteiger partial charge in [-0.15, -0.1) is 0 Å². The Kier molecular flexibility index (Phi) is 3.86. The zero-order chi connectivity index (χ0) is 12.4. The van der Waals surface area contributed by atoms with E-state index in [1.54, 1.807) is 19.2 Å². The zero-order valence-corrected chi connectivity index (χ0v) is 12.2. The number of hydrogen-bond donors (Lipinski definition) is 1. The van der Waals surface area contributed by atoms with Crippen LogP contribution in [0.1, 0.15) is 0 Å². The molecule has 0 radical (unpaired) electrons. The van der Waals surface area contributed by atoms with E-state index >= 15 is 0 Å². The highest BCUT2D eigenvalue weighted by Crippen LogP contribution is 2.30. The number of ether oxygens (including phenoxy) is 1. The minimum absolute atomic E-state index is 0.233. The SMILES string of the molecule is COCn1c(-c2ccc(O)cc2)nc(Br)c1Br. The van der Waals surface area contributed by atoms with Gasteiger partial charge >= 0.3 is 0 Å². The summed E-state index contributed by atoms with van der Waals surface area (Å²) in [5, 5.41) is 9.27. The summed E-state index contributed by atoms with van der Waals surface area (Å²) in [6.07, 6.45) is 0. The molecule has 17 heavy (non-hydrogen) atoms. The van der Waals surface area contributed by atoms with Gasteiger partial charge in [0.2, 0.25) is 0 Å². The van der Waals surface area contributed by atoms with E-state index in [9.17, 15) is 5.11 Å². The molecule has 4 nitrogen and oxygen atoms in total. The first-order valence-electron chi connectivity index (χ1n) is 4.83. The van der Waals surface area contributed by atoms with Gasteiger partial charge in [-0.1, -0.05) is 0 Å². The maximum absolute atomic E-state index is 9.27. The lowest BCUT2D eigenvalue weighted by molar-refractivity contribution is 0.130. The van der Waals surface area contributed by atoms with Crippen LogP contribution in [0.4, 0.5) is 0 Å². The van der Waals surface area contributed by atoms with E-state index in [1.807, 2.05) is 16.7 Å². The summed E-state index contributed by atoms with van der Waals surface area (Å²) >= 11 is 6.80. The lowest BCUT2D eigenvalue weighted by Gasteiger charge is -2.07. The molecule has 0 spiro atoms. The Morgan fingerprint density at radius 3 is 2.53 bits per heavy atom. The minimum Gasteiger partial charge on any atom is -0.508 e. The second kappa shape index (κ2) is 5.20. The summed E-state index contributed by atoms with van der Waals surface area (Å²) in [6.45, 7) is 0.398. The normalized spacial score (nSPS) is 10.8. The maximum atomic E-state index is 9.27. The molecule has 90 valence electrons. The summed E-state index contributed by atoms with van der Waals surface area (Å²) in [6, 6.07) is 6.87. The van der Waals surface area contributed by atoms with E-state index in [0.717, 1.165) is 20.6 Å². The van der Waals surface area contributed by atoms with Crippen molar-refractivity contribution in [2.24, 2.45) is 0 Å². The van der Waals surface area contributed by atoms with Crippen molar-refractivity contribution in [1.29, 1.82) is 0 Å². The number of phenols is 1. The predicted octanol–water partition coefficient (Wildman–Crippen LogP) is 3.38. The lowest BCUT2D eigenvalue weighted by Crippen LogP contribution is -2.02. The van der Waals surface area contributed by atoms with E-state index in [4.69, 9.17) is 4.74 Å². The number of methoxy groups -OCH3 is 1. The quantitative estimate of drug-likeness (QED) is 0.911. The fourth-order valence-electron chi connectivity index (χ4n) is 1.48. The topological polar surface area (TPSA) is 47.3 Å². The Bertz CT molecular complexity index is 523. The van der Waals surface area contributed by atoms with Crippen LogP contribution < -0.4 is 0 Å². The molecule has 0 aliphatic rings. The van der Waals surface area contributed by atoms with Gasteiger partial charge in [-0.3, -0.25) is 4.57 Å². The van der Waals surface area contributed by atoms with E-state index in [1.165, 1.54) is 0 Å². The first kappa shape index (κ1) is 12.6. The van der Waals surface area contributed by atoms with Crippen LogP contribution in [0.2, 0.25) is 0 Å². The average Bonchev–Trinajstić information content (AvgIpc) is 2.59. The van der Waals surface area contributed by atoms with Crippen LogP contribution in [0.15, 0.2) is 33.5 Å². The Balaban J connectivity index is 2.50. The molecule has 0 bridgehead atoms. The molecule has 6 heteroatoms. The highest BCUT2D eigenvalue weighted by Gasteiger charge is 2.14. The third kappa shape index (κ3) is 2.53. The molecular weight excluding hydrogens is 352 g/mol. The minimum atomic E-state index is 0.233. The molecule has 0 atom stereocenters. The summed E-state index contributed by atoms with van der Waals surface area (Å²) in [7, 11) is 1.63. The smallest absolute Gasteiger partial charge is 0.144 e. The maximum Gasteiger partial charge on any atom is 0.144 e. The third-order valence-corrected chi connectivity index (χ3v) is 4.14. The van der Waals surface area contributed by atoms with Crippen LogP contribution in [-0.2, 0) is 11.5 Å². The van der Waals surface area contributed by atoms with Gasteiger partial charge in [0, 0.05) is 12.7 Å². The van der Waals surface area contributed by atoms with E-state index in [2.05, 4.69) is 36.8 Å². The number of aromatic nitrogens is 2. The van der Waals surface area contributed by atoms with Gasteiger partial charge < -0.3 is 9.84 Å². The van der Waals surface area contributed by atoms with Crippen molar-refractivity contribution in [1.82, 2.24) is 9.55 Å². The van der Waals surface area contributed by atoms with Gasteiger partial charge in [0.25, 0.3) is 0 Å². The van der Waals surface area contributed by atoms with Crippen molar-refractivity contribution in [2.45, 2.75) is 6.73 Å². The van der Waals surface area contributed by atoms with Crippen molar-refractivity contribution in [3.05, 3.63) is 33.5 Å². The molecule has 0 saturated heterocycles. The highest BCUT2D eigenvalue weighted by atomic mass is 79.9. The number of benzene rings is 1. The summed E-state index contributed by atoms with van der Waals surface area (Å²) < 4.78 is 8.56. The van der Waals surface area contributed by atoms with E-state index in [-0.39, 0.29) is 5.75 Å². The Morgan fingerprint density at radius 1 is 1.29 bits per heavy atom. The molecule has 0 aliphatic carbocycles. The summed E-state index contributed by atoms with van der Waals surface area (Å²) in [4.78, 5) is 4.40. The van der Waals surface area contributed by atoms with Crippen LogP contribution in [0.5, 0.6) is 5.75 Å². The highest BCUT2D eigenvalue weighted by molar-refractivity contribution is 9.13. The molecule has 0 aliphatic heterocycles. The summed E-state index contributed by atoms with van der Waals surface area (Å²) in [5.74, 6) is 1.00. The standard InChI is InChI=1S/C11H10Br2N2O2/c1-17-6-15-10(13)9(12)14-11(15)7-2-4-8(16)5-3-7/h2-5,16H,6H2,1H3. The second-order valence-electron chi connectivity index (χ2n) is 3.41. The van der Waals surface area contributed by atoms with Gasteiger partial charge in [0.05, 0.1) is 0 Å². The molecular formula is C11H10Br2N2O2. The third-order valence-electron chi connectivity index (χ3n) is 2.25. The number of nitrogens with zero attached hydrogens (tertiary/aromatic N) is 2. The number of hydrogen-bond acceptors (Lipinski definition) is 3. The molecule has 1 N–H and O–H groups in total. The monoisotopic (exact) mass is 360 g/mol. The van der Waals surface area contributed by atoms with Crippen LogP contribution in [-0.4, -0.2) is 21.8 Å². The first-order chi connectivity index (χ1) is 8.13. The predicted molar refractivity (Wildman–Crippen MR) is 71.7 cm³/mol. The molecule has 1 heterocycles. The average molecular weight is 362 g/mol. The van der Waals surface area contributed by atoms with Gasteiger partial charge in [0.15, 0.2) is 0 Å². The van der Waals surface area contributed by atoms with Gasteiger partial charge in [-0.2, -0.15) is 0 Å². The molecule has 0 fully saturated rings. The molecule has 0 saturated carbocycles. The van der Waals surface area contributed by atoms with Crippen molar-refractivity contribution in [2.75, 3.05) is 7.11 Å². The van der Waals surface area contributed by atoms with E-state index < -0.39 is 0 Å². The molecule has 1 aromatic carbocycles. The fraction of sp³-hybridized carbons (Fsp3) is 0.182. The van der Waals surface area contributed by atoms with Crippen molar-refractivity contribution in [3.8, 4) is 17.1 Å². The molecule has 0 amide bonds. The van der Waals surface area contributed by atoms with Crippen LogP contribution in [0.3, 0.4) is 0 Å². The van der Waals surface area contributed by atoms with Crippen LogP contribution in [0, 0.1) is 0 Å². The molecule has 2 rings (SSSR count). The molecule has 2 aromatic rings. The lowest BCUT2D eigenvalue weighted by atomic mass is 10.2. The second-order valence-corrected chi connectivity index (χ2v) is 4.91. The van der Waals surface area contributed by atoms with Gasteiger partial charge in [-0.05, 0) is 56.1 Å². The van der Waals surface area contributed by atoms with Crippen molar-refractivity contribution < 1.29 is 9.84 Å². The largest absolute Gasteiger partial charge is 0.508 e. The summed E-state index contributed by atoms with van der Waals surface area (Å²) in [5.41, 5.74) is 0.909. The first-order valence-corrected chi connectivity index (χ1v) is 6.42. The number of imidazole rings is 1. The fourth-order valence-corrected chi connectivity index (χ4v) is 2.22. The number of rotatable bonds is 3. The Morgan fingerprint density at radius 2 is 1.94 bits per heavy atom. The van der Waals surface area contributed by atoms with Crippen LogP contribution in [0.25, 0.3) is 11.4 Å². The Labute approximate surface area is 116 Å². The molecule has 0 unspecified atom stereocenters. The number of phenolic OH excluding ortho intramolecular Hbond substituents is 1. The van der Waals surface area contributed by atoms with Gasteiger partial charge in [-0.25, -0.2) is 4.98 Å². The number of aromatic hydroxyl groups is 1. The van der Waals surface area contributed by atoms with E-state index in [0.29, 0.717) is 6.73 Å². The number of halogens is 2. The Hall–Kier alpha value is -0.850. The van der Waals surface area contributed by atoms with Crippen molar-refractivity contribution in [3.63, 3.8) is 0 Å². The van der Waals surface area contributed by atoms with Crippen molar-refractivity contribution >= 4 is 31.9 Å². The van der Waals surface area contributed by atoms with Crippen LogP contribution >= 0.6 is 31.9 Å².